The molecule has 2 N–H and O–H groups in total. The number of nitrogens with zero attached hydrogens (tertiary/aromatic N) is 1. The van der Waals surface area contributed by atoms with Crippen molar-refractivity contribution in [2.45, 2.75) is 12.8 Å². The normalized spacial score (nSPS) is 15.0. The van der Waals surface area contributed by atoms with Crippen LogP contribution in [-0.2, 0) is 4.79 Å². The predicted molar refractivity (Wildman–Crippen MR) is 74.0 cm³/mol. The van der Waals surface area contributed by atoms with E-state index in [0.29, 0.717) is 19.4 Å². The Morgan fingerprint density at radius 3 is 2.71 bits per heavy atom. The number of hydrogen-bond donors (Lipinski definition) is 2. The molecule has 0 aliphatic carbocycles. The summed E-state index contributed by atoms with van der Waals surface area (Å²) in [6.07, 6.45) is 0.979. The van der Waals surface area contributed by atoms with E-state index in [1.807, 2.05) is 0 Å². The highest BCUT2D eigenvalue weighted by Gasteiger charge is 2.31. The van der Waals surface area contributed by atoms with Gasteiger partial charge in [-0.2, -0.15) is 0 Å². The van der Waals surface area contributed by atoms with Crippen molar-refractivity contribution in [1.82, 2.24) is 0 Å². The van der Waals surface area contributed by atoms with Gasteiger partial charge in [-0.25, -0.2) is 4.39 Å². The lowest BCUT2D eigenvalue weighted by atomic mass is 10.1. The fourth-order valence-corrected chi connectivity index (χ4v) is 2.51. The minimum absolute atomic E-state index is 0.0994. The third-order valence-corrected chi connectivity index (χ3v) is 3.66. The molecule has 7 heteroatoms. The number of aromatic hydroxyl groups is 2. The Morgan fingerprint density at radius 2 is 2.05 bits per heavy atom. The van der Waals surface area contributed by atoms with Crippen LogP contribution in [0.4, 0.5) is 10.3 Å². The van der Waals surface area contributed by atoms with Gasteiger partial charge in [-0.05, 0) is 24.6 Å². The molecule has 0 saturated carbocycles. The molecule has 0 radical (unpaired) electrons. The molecule has 110 valence electrons. The monoisotopic (exact) mass is 311 g/mol. The number of rotatable bonds is 2. The first-order valence-electron chi connectivity index (χ1n) is 6.29. The lowest BCUT2D eigenvalue weighted by molar-refractivity contribution is -0.117. The molecular formula is C14H11ClFNO4. The highest BCUT2D eigenvalue weighted by Crippen LogP contribution is 2.49. The smallest absolute Gasteiger partial charge is 0.249 e. The van der Waals surface area contributed by atoms with Crippen LogP contribution < -0.4 is 4.90 Å². The first-order chi connectivity index (χ1) is 9.99. The van der Waals surface area contributed by atoms with Crippen molar-refractivity contribution in [3.8, 4) is 22.8 Å². The molecule has 1 saturated heterocycles. The van der Waals surface area contributed by atoms with Crippen LogP contribution in [-0.4, -0.2) is 22.7 Å². The Balaban J connectivity index is 2.12. The van der Waals surface area contributed by atoms with E-state index >= 15 is 0 Å². The number of benzene rings is 1. The van der Waals surface area contributed by atoms with Crippen LogP contribution in [0.5, 0.6) is 11.5 Å². The summed E-state index contributed by atoms with van der Waals surface area (Å²) < 4.78 is 18.7. The molecule has 0 bridgehead atoms. The molecule has 1 aromatic heterocycles. The average molecular weight is 312 g/mol. The van der Waals surface area contributed by atoms with E-state index < -0.39 is 17.3 Å². The molecule has 21 heavy (non-hydrogen) atoms. The third kappa shape index (κ3) is 2.21. The number of carbonyl (C=O) groups excluding carboxylic acids is 1. The van der Waals surface area contributed by atoms with Crippen LogP contribution in [0.15, 0.2) is 22.6 Å². The van der Waals surface area contributed by atoms with Crippen molar-refractivity contribution in [1.29, 1.82) is 0 Å². The lowest BCUT2D eigenvalue weighted by Gasteiger charge is -2.11. The van der Waals surface area contributed by atoms with Gasteiger partial charge in [-0.15, -0.1) is 0 Å². The van der Waals surface area contributed by atoms with Crippen molar-refractivity contribution < 1.29 is 23.8 Å². The van der Waals surface area contributed by atoms with Gasteiger partial charge in [0.05, 0.1) is 5.02 Å². The van der Waals surface area contributed by atoms with E-state index in [4.69, 9.17) is 16.0 Å². The second-order valence-electron chi connectivity index (χ2n) is 4.71. The van der Waals surface area contributed by atoms with Crippen LogP contribution in [0.2, 0.25) is 5.02 Å². The highest BCUT2D eigenvalue weighted by molar-refractivity contribution is 6.33. The second-order valence-corrected chi connectivity index (χ2v) is 5.11. The van der Waals surface area contributed by atoms with Crippen LogP contribution >= 0.6 is 11.6 Å². The molecule has 2 heterocycles. The molecule has 1 amide bonds. The van der Waals surface area contributed by atoms with Gasteiger partial charge < -0.3 is 14.6 Å². The molecule has 2 aromatic rings. The molecule has 1 fully saturated rings. The van der Waals surface area contributed by atoms with E-state index in [9.17, 15) is 19.4 Å². The lowest BCUT2D eigenvalue weighted by Crippen LogP contribution is -2.23. The molecule has 5 nitrogen and oxygen atoms in total. The zero-order chi connectivity index (χ0) is 15.1. The third-order valence-electron chi connectivity index (χ3n) is 3.33. The van der Waals surface area contributed by atoms with Crippen molar-refractivity contribution in [3.63, 3.8) is 0 Å². The van der Waals surface area contributed by atoms with E-state index in [0.717, 1.165) is 12.1 Å². The van der Waals surface area contributed by atoms with Gasteiger partial charge >= 0.3 is 0 Å². The zero-order valence-electron chi connectivity index (χ0n) is 10.8. The Morgan fingerprint density at radius 1 is 1.29 bits per heavy atom. The molecular weight excluding hydrogens is 301 g/mol. The molecule has 0 atom stereocenters. The first-order valence-corrected chi connectivity index (χ1v) is 6.67. The number of furan rings is 1. The molecule has 1 aliphatic heterocycles. The standard InChI is InChI=1S/C14H11ClFNO4/c15-9-4-3-7(16)6-8(9)13-11(19)12(20)14(21-13)17-5-1-2-10(17)18/h3-4,6,19-20H,1-2,5H2. The molecule has 0 spiro atoms. The number of hydrogen-bond acceptors (Lipinski definition) is 4. The topological polar surface area (TPSA) is 73.9 Å². The Kier molecular flexibility index (Phi) is 3.25. The largest absolute Gasteiger partial charge is 0.502 e. The van der Waals surface area contributed by atoms with E-state index in [2.05, 4.69) is 0 Å². The molecule has 0 unspecified atom stereocenters. The van der Waals surface area contributed by atoms with E-state index in [1.54, 1.807) is 0 Å². The van der Waals surface area contributed by atoms with E-state index in [1.165, 1.54) is 11.0 Å². The summed E-state index contributed by atoms with van der Waals surface area (Å²) in [5, 5.41) is 20.1. The van der Waals surface area contributed by atoms with Gasteiger partial charge in [0.15, 0.2) is 5.76 Å². The van der Waals surface area contributed by atoms with Crippen molar-refractivity contribution >= 4 is 23.4 Å². The van der Waals surface area contributed by atoms with Gasteiger partial charge in [0.1, 0.15) is 5.82 Å². The summed E-state index contributed by atoms with van der Waals surface area (Å²) in [6.45, 7) is 0.385. The minimum atomic E-state index is -0.572. The predicted octanol–water partition coefficient (Wildman–Crippen LogP) is 3.28. The average Bonchev–Trinajstić information content (AvgIpc) is 2.99. The Hall–Kier alpha value is -2.21. The van der Waals surface area contributed by atoms with Crippen molar-refractivity contribution in [2.75, 3.05) is 11.4 Å². The van der Waals surface area contributed by atoms with Crippen LogP contribution in [0.3, 0.4) is 0 Å². The maximum absolute atomic E-state index is 13.3. The highest BCUT2D eigenvalue weighted by atomic mass is 35.5. The quantitative estimate of drug-likeness (QED) is 0.892. The Labute approximate surface area is 124 Å². The summed E-state index contributed by atoms with van der Waals surface area (Å²) in [6, 6.07) is 3.55. The van der Waals surface area contributed by atoms with Crippen molar-refractivity contribution in [2.24, 2.45) is 0 Å². The van der Waals surface area contributed by atoms with Gasteiger partial charge in [0.2, 0.25) is 23.3 Å². The van der Waals surface area contributed by atoms with Gasteiger partial charge in [-0.1, -0.05) is 11.6 Å². The van der Waals surface area contributed by atoms with Crippen LogP contribution in [0.25, 0.3) is 11.3 Å². The summed E-state index contributed by atoms with van der Waals surface area (Å²) in [5.74, 6) is -2.23. The first kappa shape index (κ1) is 13.8. The van der Waals surface area contributed by atoms with Gasteiger partial charge in [0, 0.05) is 18.5 Å². The molecule has 3 rings (SSSR count). The number of anilines is 1. The maximum Gasteiger partial charge on any atom is 0.249 e. The van der Waals surface area contributed by atoms with E-state index in [-0.39, 0.29) is 28.1 Å². The van der Waals surface area contributed by atoms with Crippen LogP contribution in [0.1, 0.15) is 12.8 Å². The summed E-state index contributed by atoms with van der Waals surface area (Å²) in [7, 11) is 0. The molecule has 1 aliphatic rings. The summed E-state index contributed by atoms with van der Waals surface area (Å²) in [5.41, 5.74) is 0.0994. The van der Waals surface area contributed by atoms with Gasteiger partial charge in [0.25, 0.3) is 0 Å². The van der Waals surface area contributed by atoms with Crippen LogP contribution in [0, 0.1) is 5.82 Å². The second kappa shape index (κ2) is 4.96. The van der Waals surface area contributed by atoms with Gasteiger partial charge in [-0.3, -0.25) is 9.69 Å². The number of amides is 1. The Bertz CT molecular complexity index is 728. The minimum Gasteiger partial charge on any atom is -0.502 e. The number of carbonyl (C=O) groups is 1. The fourth-order valence-electron chi connectivity index (χ4n) is 2.30. The fraction of sp³-hybridized carbons (Fsp3) is 0.214. The number of halogens is 2. The maximum atomic E-state index is 13.3. The van der Waals surface area contributed by atoms with Crippen molar-refractivity contribution in [3.05, 3.63) is 29.0 Å². The summed E-state index contributed by atoms with van der Waals surface area (Å²) in [4.78, 5) is 12.9. The zero-order valence-corrected chi connectivity index (χ0v) is 11.5. The molecule has 1 aromatic carbocycles. The summed E-state index contributed by atoms with van der Waals surface area (Å²) >= 11 is 5.95. The SMILES string of the molecule is O=C1CCCN1c1oc(-c2cc(F)ccc2Cl)c(O)c1O.